The van der Waals surface area contributed by atoms with Gasteiger partial charge in [0.2, 0.25) is 0 Å². The van der Waals surface area contributed by atoms with Crippen LogP contribution in [0.4, 0.5) is 5.69 Å². The molecule has 2 aromatic heterocycles. The summed E-state index contributed by atoms with van der Waals surface area (Å²) in [5, 5.41) is 1.69. The number of thiazole rings is 1. The summed E-state index contributed by atoms with van der Waals surface area (Å²) in [6.45, 7) is 3.79. The minimum Gasteiger partial charge on any atom is -0.278 e. The first-order chi connectivity index (χ1) is 9.90. The van der Waals surface area contributed by atoms with Crippen LogP contribution in [0.1, 0.15) is 11.1 Å². The van der Waals surface area contributed by atoms with Crippen molar-refractivity contribution in [3.63, 3.8) is 0 Å². The molecule has 1 aromatic carbocycles. The number of sulfonamides is 1. The Balaban J connectivity index is 2.11. The number of nitrogens with zero attached hydrogens (tertiary/aromatic N) is 2. The van der Waals surface area contributed by atoms with Crippen LogP contribution >= 0.6 is 22.9 Å². The summed E-state index contributed by atoms with van der Waals surface area (Å²) in [5.74, 6) is 0. The van der Waals surface area contributed by atoms with Crippen LogP contribution in [0.15, 0.2) is 34.8 Å². The Morgan fingerprint density at radius 1 is 1.33 bits per heavy atom. The molecule has 0 saturated heterocycles. The Bertz CT molecular complexity index is 928. The minimum absolute atomic E-state index is 0.0281. The van der Waals surface area contributed by atoms with Crippen LogP contribution in [-0.4, -0.2) is 17.8 Å². The number of aryl methyl sites for hydroxylation is 1. The molecule has 3 aromatic rings. The van der Waals surface area contributed by atoms with Crippen LogP contribution in [0.3, 0.4) is 0 Å². The van der Waals surface area contributed by atoms with Crippen molar-refractivity contribution in [2.45, 2.75) is 18.9 Å². The molecular weight excluding hydrogens is 330 g/mol. The first-order valence-corrected chi connectivity index (χ1v) is 8.84. The molecule has 0 radical (unpaired) electrons. The number of halogens is 1. The van der Waals surface area contributed by atoms with Crippen LogP contribution in [0.5, 0.6) is 0 Å². The van der Waals surface area contributed by atoms with E-state index in [0.29, 0.717) is 10.6 Å². The first kappa shape index (κ1) is 14.4. The van der Waals surface area contributed by atoms with Gasteiger partial charge in [0.25, 0.3) is 10.0 Å². The maximum atomic E-state index is 12.6. The second-order valence-corrected chi connectivity index (χ2v) is 7.45. The quantitative estimate of drug-likeness (QED) is 0.793. The van der Waals surface area contributed by atoms with Crippen molar-refractivity contribution in [2.24, 2.45) is 0 Å². The van der Waals surface area contributed by atoms with Crippen molar-refractivity contribution < 1.29 is 8.42 Å². The van der Waals surface area contributed by atoms with Gasteiger partial charge >= 0.3 is 0 Å². The Morgan fingerprint density at radius 3 is 2.86 bits per heavy atom. The van der Waals surface area contributed by atoms with Gasteiger partial charge in [-0.25, -0.2) is 4.98 Å². The van der Waals surface area contributed by atoms with E-state index < -0.39 is 10.0 Å². The van der Waals surface area contributed by atoms with E-state index in [1.165, 1.54) is 15.7 Å². The molecular formula is C13H12ClN3O2S2. The molecule has 0 spiro atoms. The number of fused-ring (bicyclic) bond motifs is 1. The van der Waals surface area contributed by atoms with Crippen molar-refractivity contribution in [2.75, 3.05) is 4.72 Å². The number of anilines is 1. The number of imidazole rings is 1. The number of aromatic nitrogens is 2. The van der Waals surface area contributed by atoms with Gasteiger partial charge in [-0.2, -0.15) is 8.42 Å². The molecule has 0 aliphatic rings. The molecule has 0 aliphatic carbocycles. The van der Waals surface area contributed by atoms with Crippen LogP contribution in [0, 0.1) is 13.8 Å². The van der Waals surface area contributed by atoms with Gasteiger partial charge in [-0.15, -0.1) is 11.3 Å². The topological polar surface area (TPSA) is 63.5 Å². The average molecular weight is 342 g/mol. The number of benzene rings is 1. The molecule has 0 fully saturated rings. The summed E-state index contributed by atoms with van der Waals surface area (Å²) in [7, 11) is -3.81. The second kappa shape index (κ2) is 5.01. The molecule has 0 bridgehead atoms. The zero-order valence-electron chi connectivity index (χ0n) is 11.3. The predicted octanol–water partition coefficient (Wildman–Crippen LogP) is 3.47. The van der Waals surface area contributed by atoms with Crippen molar-refractivity contribution >= 4 is 43.6 Å². The lowest BCUT2D eigenvalue weighted by atomic mass is 10.1. The standard InChI is InChI=1S/C13H12ClN3O2S2/c1-8-4-3-5-10(9(8)2)16-21(18,19)12-11(14)15-13-17(12)6-7-20-13/h3-7,16H,1-2H3. The fraction of sp³-hybridized carbons (Fsp3) is 0.154. The van der Waals surface area contributed by atoms with E-state index >= 15 is 0 Å². The summed E-state index contributed by atoms with van der Waals surface area (Å²) in [6.07, 6.45) is 1.64. The van der Waals surface area contributed by atoms with Gasteiger partial charge in [-0.05, 0) is 31.0 Å². The van der Waals surface area contributed by atoms with Gasteiger partial charge in [0, 0.05) is 11.6 Å². The Hall–Kier alpha value is -1.57. The van der Waals surface area contributed by atoms with Gasteiger partial charge < -0.3 is 0 Å². The van der Waals surface area contributed by atoms with E-state index in [1.807, 2.05) is 19.9 Å². The molecule has 110 valence electrons. The van der Waals surface area contributed by atoms with Crippen LogP contribution < -0.4 is 4.72 Å². The van der Waals surface area contributed by atoms with E-state index in [4.69, 9.17) is 11.6 Å². The summed E-state index contributed by atoms with van der Waals surface area (Å²) in [4.78, 5) is 4.59. The third-order valence-electron chi connectivity index (χ3n) is 3.28. The third kappa shape index (κ3) is 2.41. The third-order valence-corrected chi connectivity index (χ3v) is 5.80. The van der Waals surface area contributed by atoms with Crippen molar-refractivity contribution in [3.05, 3.63) is 46.1 Å². The SMILES string of the molecule is Cc1cccc(NS(=O)(=O)c2c(Cl)nc3sccn23)c1C. The molecule has 0 amide bonds. The fourth-order valence-electron chi connectivity index (χ4n) is 2.03. The highest BCUT2D eigenvalue weighted by Crippen LogP contribution is 2.28. The molecule has 2 heterocycles. The van der Waals surface area contributed by atoms with Crippen molar-refractivity contribution in [3.8, 4) is 0 Å². The largest absolute Gasteiger partial charge is 0.281 e. The summed E-state index contributed by atoms with van der Waals surface area (Å²) < 4.78 is 29.3. The first-order valence-electron chi connectivity index (χ1n) is 6.10. The number of hydrogen-bond acceptors (Lipinski definition) is 4. The number of nitrogens with one attached hydrogen (secondary N) is 1. The molecule has 0 saturated carbocycles. The van der Waals surface area contributed by atoms with E-state index in [-0.39, 0.29) is 10.2 Å². The highest BCUT2D eigenvalue weighted by molar-refractivity contribution is 7.92. The lowest BCUT2D eigenvalue weighted by Gasteiger charge is -2.11. The maximum Gasteiger partial charge on any atom is 0.281 e. The van der Waals surface area contributed by atoms with Crippen molar-refractivity contribution in [1.82, 2.24) is 9.38 Å². The van der Waals surface area contributed by atoms with Gasteiger partial charge in [0.1, 0.15) is 0 Å². The van der Waals surface area contributed by atoms with E-state index in [0.717, 1.165) is 11.1 Å². The van der Waals surface area contributed by atoms with Gasteiger partial charge in [-0.1, -0.05) is 23.7 Å². The highest BCUT2D eigenvalue weighted by atomic mass is 35.5. The van der Waals surface area contributed by atoms with E-state index in [1.54, 1.807) is 23.7 Å². The molecule has 1 N–H and O–H groups in total. The predicted molar refractivity (Wildman–Crippen MR) is 84.8 cm³/mol. The number of rotatable bonds is 3. The minimum atomic E-state index is -3.81. The van der Waals surface area contributed by atoms with E-state index in [9.17, 15) is 8.42 Å². The molecule has 5 nitrogen and oxygen atoms in total. The molecule has 0 aliphatic heterocycles. The Morgan fingerprint density at radius 2 is 2.10 bits per heavy atom. The lowest BCUT2D eigenvalue weighted by Crippen LogP contribution is -2.16. The summed E-state index contributed by atoms with van der Waals surface area (Å²) in [6, 6.07) is 5.45. The fourth-order valence-corrected chi connectivity index (χ4v) is 4.61. The molecule has 3 rings (SSSR count). The van der Waals surface area contributed by atoms with Gasteiger partial charge in [0.05, 0.1) is 5.69 Å². The molecule has 0 atom stereocenters. The van der Waals surface area contributed by atoms with E-state index in [2.05, 4.69) is 9.71 Å². The lowest BCUT2D eigenvalue weighted by molar-refractivity contribution is 0.596. The zero-order chi connectivity index (χ0) is 15.2. The van der Waals surface area contributed by atoms with Crippen LogP contribution in [-0.2, 0) is 10.0 Å². The maximum absolute atomic E-state index is 12.6. The smallest absolute Gasteiger partial charge is 0.278 e. The zero-order valence-corrected chi connectivity index (χ0v) is 13.7. The van der Waals surface area contributed by atoms with Gasteiger partial charge in [0.15, 0.2) is 15.1 Å². The van der Waals surface area contributed by atoms with Crippen molar-refractivity contribution in [1.29, 1.82) is 0 Å². The number of hydrogen-bond donors (Lipinski definition) is 1. The molecule has 8 heteroatoms. The summed E-state index contributed by atoms with van der Waals surface area (Å²) >= 11 is 7.31. The molecule has 21 heavy (non-hydrogen) atoms. The van der Waals surface area contributed by atoms with Gasteiger partial charge in [-0.3, -0.25) is 9.12 Å². The monoisotopic (exact) mass is 341 g/mol. The summed E-state index contributed by atoms with van der Waals surface area (Å²) in [5.41, 5.74) is 2.43. The average Bonchev–Trinajstić information content (AvgIpc) is 2.94. The Kier molecular flexibility index (Phi) is 3.43. The normalized spacial score (nSPS) is 12.0. The molecule has 0 unspecified atom stereocenters. The second-order valence-electron chi connectivity index (χ2n) is 4.62. The van der Waals surface area contributed by atoms with Crippen LogP contribution in [0.25, 0.3) is 4.96 Å². The Labute approximate surface area is 131 Å². The van der Waals surface area contributed by atoms with Crippen LogP contribution in [0.2, 0.25) is 5.15 Å². The highest BCUT2D eigenvalue weighted by Gasteiger charge is 2.25.